The van der Waals surface area contributed by atoms with Gasteiger partial charge in [0, 0.05) is 30.5 Å². The molecule has 1 atom stereocenters. The molecule has 2 aromatic rings. The van der Waals surface area contributed by atoms with Gasteiger partial charge in [0.15, 0.2) is 0 Å². The Labute approximate surface area is 116 Å². The van der Waals surface area contributed by atoms with Crippen LogP contribution < -0.4 is 0 Å². The van der Waals surface area contributed by atoms with Gasteiger partial charge in [0.25, 0.3) is 0 Å². The number of hydrogen-bond acceptors (Lipinski definition) is 4. The van der Waals surface area contributed by atoms with E-state index in [0.29, 0.717) is 37.0 Å². The third-order valence-corrected chi connectivity index (χ3v) is 3.03. The van der Waals surface area contributed by atoms with Crippen LogP contribution >= 0.6 is 11.6 Å². The van der Waals surface area contributed by atoms with Crippen LogP contribution in [0.15, 0.2) is 28.7 Å². The molecule has 0 saturated carbocycles. The van der Waals surface area contributed by atoms with Crippen LogP contribution in [-0.4, -0.2) is 32.0 Å². The predicted octanol–water partition coefficient (Wildman–Crippen LogP) is 3.17. The van der Waals surface area contributed by atoms with E-state index in [1.165, 1.54) is 0 Å². The molecule has 1 aromatic carbocycles. The molecule has 0 amide bonds. The van der Waals surface area contributed by atoms with E-state index in [0.717, 1.165) is 11.0 Å². The Kier molecular flexibility index (Phi) is 5.22. The summed E-state index contributed by atoms with van der Waals surface area (Å²) in [5, 5.41) is 11.6. The molecule has 0 fully saturated rings. The van der Waals surface area contributed by atoms with Gasteiger partial charge in [0.2, 0.25) is 0 Å². The first-order chi connectivity index (χ1) is 9.20. The normalized spacial score (nSPS) is 13.0. The van der Waals surface area contributed by atoms with E-state index in [1.807, 2.05) is 6.07 Å². The maximum atomic E-state index is 10.0. The molecule has 0 aliphatic carbocycles. The molecular formula is C14H17ClO4. The van der Waals surface area contributed by atoms with Crippen LogP contribution in [0.1, 0.15) is 18.3 Å². The maximum Gasteiger partial charge on any atom is 0.134 e. The van der Waals surface area contributed by atoms with E-state index in [-0.39, 0.29) is 0 Å². The Morgan fingerprint density at radius 3 is 2.89 bits per heavy atom. The quantitative estimate of drug-likeness (QED) is 0.794. The van der Waals surface area contributed by atoms with Crippen molar-refractivity contribution in [3.8, 4) is 0 Å². The second-order valence-electron chi connectivity index (χ2n) is 4.24. The lowest BCUT2D eigenvalue weighted by Crippen LogP contribution is -2.06. The number of hydrogen-bond donors (Lipinski definition) is 1. The molecule has 4 nitrogen and oxygen atoms in total. The molecular weight excluding hydrogens is 268 g/mol. The van der Waals surface area contributed by atoms with Gasteiger partial charge in [-0.25, -0.2) is 0 Å². The summed E-state index contributed by atoms with van der Waals surface area (Å²) in [5.41, 5.74) is 0.721. The molecule has 0 aliphatic rings. The van der Waals surface area contributed by atoms with Crippen molar-refractivity contribution in [1.29, 1.82) is 0 Å². The molecule has 1 aromatic heterocycles. The third kappa shape index (κ3) is 3.94. The van der Waals surface area contributed by atoms with Crippen molar-refractivity contribution in [2.75, 3.05) is 26.9 Å². The summed E-state index contributed by atoms with van der Waals surface area (Å²) in [4.78, 5) is 0. The van der Waals surface area contributed by atoms with Gasteiger partial charge >= 0.3 is 0 Å². The predicted molar refractivity (Wildman–Crippen MR) is 73.5 cm³/mol. The Balaban J connectivity index is 1.91. The van der Waals surface area contributed by atoms with E-state index in [1.54, 1.807) is 25.3 Å². The van der Waals surface area contributed by atoms with Crippen molar-refractivity contribution in [3.05, 3.63) is 35.0 Å². The number of furan rings is 1. The standard InChI is InChI=1S/C14H17ClO4/c1-17-6-7-18-5-4-12(16)14-9-10-8-11(15)2-3-13(10)19-14/h2-3,8-9,12,16H,4-7H2,1H3. The summed E-state index contributed by atoms with van der Waals surface area (Å²) in [6.07, 6.45) is -0.189. The van der Waals surface area contributed by atoms with Gasteiger partial charge in [0.05, 0.1) is 13.2 Å². The zero-order valence-corrected chi connectivity index (χ0v) is 11.5. The van der Waals surface area contributed by atoms with Crippen LogP contribution in [0, 0.1) is 0 Å². The Morgan fingerprint density at radius 1 is 1.26 bits per heavy atom. The minimum Gasteiger partial charge on any atom is -0.458 e. The van der Waals surface area contributed by atoms with Gasteiger partial charge in [-0.2, -0.15) is 0 Å². The number of aliphatic hydroxyl groups excluding tert-OH is 1. The van der Waals surface area contributed by atoms with Crippen molar-refractivity contribution in [1.82, 2.24) is 0 Å². The smallest absolute Gasteiger partial charge is 0.134 e. The van der Waals surface area contributed by atoms with Gasteiger partial charge in [-0.3, -0.25) is 0 Å². The fraction of sp³-hybridized carbons (Fsp3) is 0.429. The summed E-state index contributed by atoms with van der Waals surface area (Å²) in [5.74, 6) is 0.535. The molecule has 1 N–H and O–H groups in total. The molecule has 0 bridgehead atoms. The zero-order chi connectivity index (χ0) is 13.7. The van der Waals surface area contributed by atoms with Gasteiger partial charge in [-0.1, -0.05) is 11.6 Å². The highest BCUT2D eigenvalue weighted by atomic mass is 35.5. The zero-order valence-electron chi connectivity index (χ0n) is 10.8. The van der Waals surface area contributed by atoms with Crippen molar-refractivity contribution in [2.45, 2.75) is 12.5 Å². The van der Waals surface area contributed by atoms with E-state index in [4.69, 9.17) is 25.5 Å². The number of aliphatic hydroxyl groups is 1. The molecule has 0 radical (unpaired) electrons. The molecule has 0 aliphatic heterocycles. The van der Waals surface area contributed by atoms with Gasteiger partial charge in [-0.15, -0.1) is 0 Å². The van der Waals surface area contributed by atoms with Crippen molar-refractivity contribution >= 4 is 22.6 Å². The Morgan fingerprint density at radius 2 is 2.11 bits per heavy atom. The Bertz CT molecular complexity index is 523. The SMILES string of the molecule is COCCOCCC(O)c1cc2cc(Cl)ccc2o1. The second kappa shape index (κ2) is 6.91. The first-order valence-corrected chi connectivity index (χ1v) is 6.52. The van der Waals surface area contributed by atoms with Crippen LogP contribution in [0.3, 0.4) is 0 Å². The Hall–Kier alpha value is -1.07. The number of benzene rings is 1. The maximum absolute atomic E-state index is 10.0. The van der Waals surface area contributed by atoms with Gasteiger partial charge in [0.1, 0.15) is 17.4 Å². The second-order valence-corrected chi connectivity index (χ2v) is 4.68. The van der Waals surface area contributed by atoms with Crippen LogP contribution in [0.4, 0.5) is 0 Å². The fourth-order valence-electron chi connectivity index (χ4n) is 1.78. The molecule has 2 rings (SSSR count). The number of fused-ring (bicyclic) bond motifs is 1. The summed E-state index contributed by atoms with van der Waals surface area (Å²) in [7, 11) is 1.62. The number of ether oxygens (including phenoxy) is 2. The first kappa shape index (κ1) is 14.3. The monoisotopic (exact) mass is 284 g/mol. The van der Waals surface area contributed by atoms with Gasteiger partial charge < -0.3 is 19.0 Å². The van der Waals surface area contributed by atoms with Gasteiger partial charge in [-0.05, 0) is 24.3 Å². The number of halogens is 1. The van der Waals surface area contributed by atoms with Crippen molar-refractivity contribution in [2.24, 2.45) is 0 Å². The molecule has 0 saturated heterocycles. The molecule has 5 heteroatoms. The molecule has 0 spiro atoms. The summed E-state index contributed by atoms with van der Waals surface area (Å²) in [6, 6.07) is 7.17. The van der Waals surface area contributed by atoms with Crippen LogP contribution in [0.2, 0.25) is 5.02 Å². The molecule has 19 heavy (non-hydrogen) atoms. The lowest BCUT2D eigenvalue weighted by Gasteiger charge is -2.07. The van der Waals surface area contributed by atoms with Crippen LogP contribution in [0.5, 0.6) is 0 Å². The number of methoxy groups -OCH3 is 1. The molecule has 104 valence electrons. The number of rotatable bonds is 7. The van der Waals surface area contributed by atoms with E-state index < -0.39 is 6.10 Å². The average molecular weight is 285 g/mol. The average Bonchev–Trinajstić information content (AvgIpc) is 2.81. The topological polar surface area (TPSA) is 51.8 Å². The lowest BCUT2D eigenvalue weighted by atomic mass is 10.2. The highest BCUT2D eigenvalue weighted by Crippen LogP contribution is 2.27. The lowest BCUT2D eigenvalue weighted by molar-refractivity contribution is 0.0430. The molecule has 1 unspecified atom stereocenters. The first-order valence-electron chi connectivity index (χ1n) is 6.14. The van der Waals surface area contributed by atoms with E-state index in [9.17, 15) is 5.11 Å². The van der Waals surface area contributed by atoms with E-state index >= 15 is 0 Å². The fourth-order valence-corrected chi connectivity index (χ4v) is 1.96. The largest absolute Gasteiger partial charge is 0.458 e. The highest BCUT2D eigenvalue weighted by Gasteiger charge is 2.13. The molecule has 1 heterocycles. The summed E-state index contributed by atoms with van der Waals surface area (Å²) >= 11 is 5.90. The van der Waals surface area contributed by atoms with Crippen molar-refractivity contribution < 1.29 is 19.0 Å². The van der Waals surface area contributed by atoms with Crippen LogP contribution in [-0.2, 0) is 9.47 Å². The summed E-state index contributed by atoms with van der Waals surface area (Å²) < 4.78 is 15.8. The van der Waals surface area contributed by atoms with Crippen molar-refractivity contribution in [3.63, 3.8) is 0 Å². The minimum absolute atomic E-state index is 0.461. The third-order valence-electron chi connectivity index (χ3n) is 2.79. The van der Waals surface area contributed by atoms with E-state index in [2.05, 4.69) is 0 Å². The minimum atomic E-state index is -0.672. The summed E-state index contributed by atoms with van der Waals surface area (Å²) in [6.45, 7) is 1.54. The van der Waals surface area contributed by atoms with Crippen LogP contribution in [0.25, 0.3) is 11.0 Å². The highest BCUT2D eigenvalue weighted by molar-refractivity contribution is 6.31.